The lowest BCUT2D eigenvalue weighted by Crippen LogP contribution is -2.42. The van der Waals surface area contributed by atoms with Gasteiger partial charge in [0.25, 0.3) is 0 Å². The fraction of sp³-hybridized carbons (Fsp3) is 0.889. The molecule has 0 N–H and O–H groups in total. The molecule has 0 saturated heterocycles. The van der Waals surface area contributed by atoms with Crippen molar-refractivity contribution in [3.63, 3.8) is 0 Å². The quantitative estimate of drug-likeness (QED) is 0.669. The topological polar surface area (TPSA) is 46.6 Å². The normalized spacial score (nSPS) is 16.9. The highest BCUT2D eigenvalue weighted by Gasteiger charge is 2.25. The average Bonchev–Trinajstić information content (AvgIpc) is 2.40. The minimum atomic E-state index is -0.198. The number of esters is 1. The van der Waals surface area contributed by atoms with Crippen molar-refractivity contribution in [1.82, 2.24) is 4.90 Å². The summed E-state index contributed by atoms with van der Waals surface area (Å²) < 4.78 is 5.01. The first-order valence-electron chi connectivity index (χ1n) is 8.99. The lowest BCUT2D eigenvalue weighted by atomic mass is 9.94. The Labute approximate surface area is 135 Å². The second-order valence-corrected chi connectivity index (χ2v) is 6.74. The molecule has 0 heterocycles. The van der Waals surface area contributed by atoms with E-state index in [9.17, 15) is 9.59 Å². The second kappa shape index (κ2) is 10.6. The lowest BCUT2D eigenvalue weighted by Gasteiger charge is -2.33. The van der Waals surface area contributed by atoms with Crippen molar-refractivity contribution in [2.24, 2.45) is 5.92 Å². The number of nitrogens with zero attached hydrogens (tertiary/aromatic N) is 1. The summed E-state index contributed by atoms with van der Waals surface area (Å²) in [7, 11) is 0. The Kier molecular flexibility index (Phi) is 9.17. The van der Waals surface area contributed by atoms with E-state index in [0.717, 1.165) is 12.8 Å². The Balaban J connectivity index is 2.66. The molecule has 0 aromatic heterocycles. The summed E-state index contributed by atoms with van der Waals surface area (Å²) in [5, 5.41) is 0. The largest absolute Gasteiger partial charge is 0.466 e. The third-order valence-electron chi connectivity index (χ3n) is 4.28. The molecule has 1 aliphatic rings. The molecular formula is C18H33NO3. The van der Waals surface area contributed by atoms with Gasteiger partial charge in [0.15, 0.2) is 0 Å². The summed E-state index contributed by atoms with van der Waals surface area (Å²) in [6, 6.07) is 0.306. The predicted octanol–water partition coefficient (Wildman–Crippen LogP) is 3.93. The van der Waals surface area contributed by atoms with E-state index >= 15 is 0 Å². The van der Waals surface area contributed by atoms with Gasteiger partial charge in [-0.3, -0.25) is 9.59 Å². The van der Waals surface area contributed by atoms with Gasteiger partial charge in [-0.2, -0.15) is 0 Å². The number of amides is 1. The SMILES string of the molecule is CCOC(=O)CCN(C(=O)CC(C)C)C1CCCCCCC1. The average molecular weight is 311 g/mol. The van der Waals surface area contributed by atoms with E-state index in [1.807, 2.05) is 11.8 Å². The molecule has 22 heavy (non-hydrogen) atoms. The maximum atomic E-state index is 12.6. The van der Waals surface area contributed by atoms with Crippen LogP contribution in [0.3, 0.4) is 0 Å². The lowest BCUT2D eigenvalue weighted by molar-refractivity contribution is -0.144. The van der Waals surface area contributed by atoms with Gasteiger partial charge < -0.3 is 9.64 Å². The Morgan fingerprint density at radius 2 is 1.68 bits per heavy atom. The van der Waals surface area contributed by atoms with Gasteiger partial charge in [0.05, 0.1) is 13.0 Å². The van der Waals surface area contributed by atoms with Crippen molar-refractivity contribution in [2.45, 2.75) is 84.6 Å². The van der Waals surface area contributed by atoms with E-state index in [1.165, 1.54) is 32.1 Å². The van der Waals surface area contributed by atoms with Crippen LogP contribution >= 0.6 is 0 Å². The van der Waals surface area contributed by atoms with Gasteiger partial charge in [-0.15, -0.1) is 0 Å². The molecule has 1 amide bonds. The van der Waals surface area contributed by atoms with Crippen LogP contribution in [0.4, 0.5) is 0 Å². The first kappa shape index (κ1) is 19.0. The maximum Gasteiger partial charge on any atom is 0.307 e. The highest BCUT2D eigenvalue weighted by Crippen LogP contribution is 2.23. The molecule has 0 bridgehead atoms. The Morgan fingerprint density at radius 3 is 2.23 bits per heavy atom. The summed E-state index contributed by atoms with van der Waals surface area (Å²) in [4.78, 5) is 26.2. The third kappa shape index (κ3) is 7.28. The van der Waals surface area contributed by atoms with Crippen molar-refractivity contribution in [3.8, 4) is 0 Å². The molecule has 0 aromatic carbocycles. The van der Waals surface area contributed by atoms with E-state index in [-0.39, 0.29) is 11.9 Å². The van der Waals surface area contributed by atoms with Gasteiger partial charge in [-0.1, -0.05) is 46.0 Å². The highest BCUT2D eigenvalue weighted by molar-refractivity contribution is 5.77. The first-order chi connectivity index (χ1) is 10.5. The van der Waals surface area contributed by atoms with Gasteiger partial charge in [-0.25, -0.2) is 0 Å². The minimum Gasteiger partial charge on any atom is -0.466 e. The predicted molar refractivity (Wildman–Crippen MR) is 88.5 cm³/mol. The van der Waals surface area contributed by atoms with Gasteiger partial charge >= 0.3 is 5.97 Å². The van der Waals surface area contributed by atoms with E-state index in [1.54, 1.807) is 0 Å². The van der Waals surface area contributed by atoms with E-state index in [2.05, 4.69) is 13.8 Å². The second-order valence-electron chi connectivity index (χ2n) is 6.74. The third-order valence-corrected chi connectivity index (χ3v) is 4.28. The number of rotatable bonds is 7. The molecule has 1 rings (SSSR count). The van der Waals surface area contributed by atoms with E-state index in [0.29, 0.717) is 38.0 Å². The molecule has 0 aliphatic heterocycles. The number of carbonyl (C=O) groups excluding carboxylic acids is 2. The zero-order valence-corrected chi connectivity index (χ0v) is 14.6. The summed E-state index contributed by atoms with van der Waals surface area (Å²) in [6.07, 6.45) is 9.26. The zero-order valence-electron chi connectivity index (χ0n) is 14.6. The van der Waals surface area contributed by atoms with Gasteiger partial charge in [0.1, 0.15) is 0 Å². The standard InChI is InChI=1S/C18H33NO3/c1-4-22-18(21)12-13-19(17(20)14-15(2)3)16-10-8-6-5-7-9-11-16/h15-16H,4-14H2,1-3H3. The number of hydrogen-bond donors (Lipinski definition) is 0. The summed E-state index contributed by atoms with van der Waals surface area (Å²) >= 11 is 0. The van der Waals surface area contributed by atoms with Crippen LogP contribution in [0.2, 0.25) is 0 Å². The molecule has 4 nitrogen and oxygen atoms in total. The van der Waals surface area contributed by atoms with E-state index < -0.39 is 0 Å². The summed E-state index contributed by atoms with van der Waals surface area (Å²) in [5.74, 6) is 0.353. The van der Waals surface area contributed by atoms with Crippen LogP contribution < -0.4 is 0 Å². The molecular weight excluding hydrogens is 278 g/mol. The smallest absolute Gasteiger partial charge is 0.307 e. The van der Waals surface area contributed by atoms with Crippen molar-refractivity contribution >= 4 is 11.9 Å². The van der Waals surface area contributed by atoms with E-state index in [4.69, 9.17) is 4.74 Å². The van der Waals surface area contributed by atoms with Crippen molar-refractivity contribution < 1.29 is 14.3 Å². The van der Waals surface area contributed by atoms with Gasteiger partial charge in [0, 0.05) is 19.0 Å². The number of hydrogen-bond acceptors (Lipinski definition) is 3. The highest BCUT2D eigenvalue weighted by atomic mass is 16.5. The fourth-order valence-electron chi connectivity index (χ4n) is 3.17. The summed E-state index contributed by atoms with van der Waals surface area (Å²) in [5.41, 5.74) is 0. The zero-order chi connectivity index (χ0) is 16.4. The molecule has 0 aromatic rings. The molecule has 1 saturated carbocycles. The molecule has 1 fully saturated rings. The van der Waals surface area contributed by atoms with Crippen LogP contribution in [-0.4, -0.2) is 36.0 Å². The molecule has 0 unspecified atom stereocenters. The van der Waals surface area contributed by atoms with Crippen LogP contribution in [0.15, 0.2) is 0 Å². The first-order valence-corrected chi connectivity index (χ1v) is 8.99. The Bertz CT molecular complexity index is 333. The van der Waals surface area contributed by atoms with Crippen molar-refractivity contribution in [2.75, 3.05) is 13.2 Å². The van der Waals surface area contributed by atoms with Crippen LogP contribution in [0.1, 0.15) is 78.6 Å². The van der Waals surface area contributed by atoms with Crippen LogP contribution in [0.25, 0.3) is 0 Å². The van der Waals surface area contributed by atoms with Gasteiger partial charge in [0.2, 0.25) is 5.91 Å². The van der Waals surface area contributed by atoms with Crippen LogP contribution in [-0.2, 0) is 14.3 Å². The maximum absolute atomic E-state index is 12.6. The fourth-order valence-corrected chi connectivity index (χ4v) is 3.17. The molecule has 1 aliphatic carbocycles. The molecule has 4 heteroatoms. The Hall–Kier alpha value is -1.06. The molecule has 0 radical (unpaired) electrons. The monoisotopic (exact) mass is 311 g/mol. The number of ether oxygens (including phenoxy) is 1. The molecule has 0 atom stereocenters. The molecule has 0 spiro atoms. The van der Waals surface area contributed by atoms with Gasteiger partial charge in [-0.05, 0) is 25.7 Å². The summed E-state index contributed by atoms with van der Waals surface area (Å²) in [6.45, 7) is 6.87. The number of carbonyl (C=O) groups is 2. The van der Waals surface area contributed by atoms with Crippen LogP contribution in [0, 0.1) is 5.92 Å². The minimum absolute atomic E-state index is 0.198. The van der Waals surface area contributed by atoms with Crippen LogP contribution in [0.5, 0.6) is 0 Å². The molecule has 128 valence electrons. The van der Waals surface area contributed by atoms with Crippen molar-refractivity contribution in [1.29, 1.82) is 0 Å². The Morgan fingerprint density at radius 1 is 1.09 bits per heavy atom. The van der Waals surface area contributed by atoms with Crippen molar-refractivity contribution in [3.05, 3.63) is 0 Å².